The highest BCUT2D eigenvalue weighted by molar-refractivity contribution is 5.83. The summed E-state index contributed by atoms with van der Waals surface area (Å²) in [5, 5.41) is 4.16. The molecule has 1 aromatic heterocycles. The van der Waals surface area contributed by atoms with Crippen LogP contribution in [-0.4, -0.2) is 22.7 Å². The van der Waals surface area contributed by atoms with E-state index < -0.39 is 5.82 Å². The maximum absolute atomic E-state index is 13.5. The van der Waals surface area contributed by atoms with Crippen molar-refractivity contribution in [2.24, 2.45) is 0 Å². The van der Waals surface area contributed by atoms with Crippen LogP contribution in [0.25, 0.3) is 5.70 Å². The van der Waals surface area contributed by atoms with Crippen LogP contribution in [0.4, 0.5) is 10.2 Å². The van der Waals surface area contributed by atoms with Crippen molar-refractivity contribution < 1.29 is 13.9 Å². The Morgan fingerprint density at radius 3 is 2.75 bits per heavy atom. The Morgan fingerprint density at radius 2 is 2.12 bits per heavy atom. The summed E-state index contributed by atoms with van der Waals surface area (Å²) in [6, 6.07) is 6.24. The van der Waals surface area contributed by atoms with Crippen LogP contribution in [0.3, 0.4) is 0 Å². The van der Waals surface area contributed by atoms with Crippen LogP contribution in [-0.2, 0) is 0 Å². The van der Waals surface area contributed by atoms with Gasteiger partial charge in [-0.25, -0.2) is 9.07 Å². The van der Waals surface area contributed by atoms with Crippen molar-refractivity contribution in [3.8, 4) is 5.75 Å². The molecule has 0 atom stereocenters. The lowest BCUT2D eigenvalue weighted by molar-refractivity contribution is 0.112. The molecule has 0 fully saturated rings. The van der Waals surface area contributed by atoms with E-state index in [0.717, 1.165) is 17.7 Å². The lowest BCUT2D eigenvalue weighted by Crippen LogP contribution is -2.07. The first-order valence-electron chi connectivity index (χ1n) is 7.62. The van der Waals surface area contributed by atoms with Crippen LogP contribution in [0, 0.1) is 5.82 Å². The molecule has 0 saturated heterocycles. The summed E-state index contributed by atoms with van der Waals surface area (Å²) < 4.78 is 20.5. The van der Waals surface area contributed by atoms with Gasteiger partial charge in [0, 0.05) is 0 Å². The van der Waals surface area contributed by atoms with Crippen LogP contribution < -0.4 is 10.5 Å². The number of anilines is 1. The number of carbonyl (C=O) groups is 1. The molecule has 0 aliphatic rings. The minimum atomic E-state index is -0.403. The van der Waals surface area contributed by atoms with Crippen LogP contribution in [0.15, 0.2) is 48.2 Å². The number of nitrogens with zero attached hydrogens (tertiary/aromatic N) is 2. The van der Waals surface area contributed by atoms with E-state index in [2.05, 4.69) is 5.10 Å². The number of allylic oxidation sites excluding steroid dienone is 3. The Hall–Kier alpha value is -2.89. The van der Waals surface area contributed by atoms with E-state index in [1.54, 1.807) is 18.2 Å². The van der Waals surface area contributed by atoms with Gasteiger partial charge in [0.25, 0.3) is 0 Å². The maximum atomic E-state index is 13.5. The molecule has 0 unspecified atom stereocenters. The molecular formula is C18H20FN3O2. The average molecular weight is 329 g/mol. The monoisotopic (exact) mass is 329 g/mol. The first-order chi connectivity index (χ1) is 11.6. The van der Waals surface area contributed by atoms with Crippen molar-refractivity contribution in [1.82, 2.24) is 9.78 Å². The van der Waals surface area contributed by atoms with Gasteiger partial charge in [-0.3, -0.25) is 4.79 Å². The second-order valence-corrected chi connectivity index (χ2v) is 5.14. The molecule has 0 bridgehead atoms. The van der Waals surface area contributed by atoms with E-state index in [4.69, 9.17) is 10.5 Å². The fourth-order valence-corrected chi connectivity index (χ4v) is 2.18. The van der Waals surface area contributed by atoms with Gasteiger partial charge in [-0.2, -0.15) is 5.10 Å². The predicted octanol–water partition coefficient (Wildman–Crippen LogP) is 3.69. The number of hydrogen-bond acceptors (Lipinski definition) is 4. The number of hydrogen-bond donors (Lipinski definition) is 1. The van der Waals surface area contributed by atoms with Gasteiger partial charge in [0.15, 0.2) is 17.9 Å². The summed E-state index contributed by atoms with van der Waals surface area (Å²) in [4.78, 5) is 10.9. The Morgan fingerprint density at radius 1 is 1.38 bits per heavy atom. The number of halogens is 1. The molecule has 2 rings (SSSR count). The van der Waals surface area contributed by atoms with Crippen molar-refractivity contribution in [3.63, 3.8) is 0 Å². The summed E-state index contributed by atoms with van der Waals surface area (Å²) in [5.74, 6) is 0.0803. The molecule has 0 amide bonds. The first-order valence-corrected chi connectivity index (χ1v) is 7.62. The Bertz CT molecular complexity index is 778. The molecule has 0 aliphatic carbocycles. The normalized spacial score (nSPS) is 12.3. The summed E-state index contributed by atoms with van der Waals surface area (Å²) in [7, 11) is 0. The summed E-state index contributed by atoms with van der Waals surface area (Å²) in [5.41, 5.74) is 7.91. The highest BCUT2D eigenvalue weighted by Gasteiger charge is 2.11. The average Bonchev–Trinajstić information content (AvgIpc) is 2.94. The van der Waals surface area contributed by atoms with Crippen LogP contribution in [0.2, 0.25) is 0 Å². The van der Waals surface area contributed by atoms with Gasteiger partial charge in [-0.05, 0) is 37.1 Å². The minimum absolute atomic E-state index is 0.199. The number of nitrogen functional groups attached to an aromatic ring is 1. The second kappa shape index (κ2) is 8.10. The van der Waals surface area contributed by atoms with Gasteiger partial charge < -0.3 is 10.5 Å². The number of rotatable bonds is 7. The Labute approximate surface area is 140 Å². The fourth-order valence-electron chi connectivity index (χ4n) is 2.18. The quantitative estimate of drug-likeness (QED) is 0.621. The molecule has 0 spiro atoms. The number of aldehydes is 1. The van der Waals surface area contributed by atoms with Crippen LogP contribution in [0.5, 0.6) is 5.75 Å². The fraction of sp³-hybridized carbons (Fsp3) is 0.222. The number of carbonyl (C=O) groups excluding carboxylic acids is 1. The van der Waals surface area contributed by atoms with Crippen LogP contribution >= 0.6 is 0 Å². The van der Waals surface area contributed by atoms with E-state index >= 15 is 0 Å². The lowest BCUT2D eigenvalue weighted by atomic mass is 10.2. The first kappa shape index (κ1) is 17.5. The second-order valence-electron chi connectivity index (χ2n) is 5.14. The van der Waals surface area contributed by atoms with Crippen LogP contribution in [0.1, 0.15) is 30.6 Å². The molecule has 2 aromatic rings. The third-order valence-electron chi connectivity index (χ3n) is 3.46. The molecule has 0 radical (unpaired) electrons. The van der Waals surface area contributed by atoms with Gasteiger partial charge >= 0.3 is 0 Å². The van der Waals surface area contributed by atoms with Gasteiger partial charge in [-0.15, -0.1) is 0 Å². The number of ether oxygens (including phenoxy) is 1. The highest BCUT2D eigenvalue weighted by atomic mass is 19.1. The molecule has 0 saturated carbocycles. The standard InChI is InChI=1S/C18H20FN3O2/c1-3-6-16(22-18(20)14(12-23)11-21-22)13(2)9-10-24-17-8-5-4-7-15(17)19/h4-9,11-12H,3,10,20H2,1-2H3/b13-9-,16-6+. The van der Waals surface area contributed by atoms with Gasteiger partial charge in [-0.1, -0.05) is 25.1 Å². The van der Waals surface area contributed by atoms with Crippen molar-refractivity contribution in [3.05, 3.63) is 59.6 Å². The molecular weight excluding hydrogens is 309 g/mol. The zero-order valence-electron chi connectivity index (χ0n) is 13.7. The predicted molar refractivity (Wildman–Crippen MR) is 92.2 cm³/mol. The highest BCUT2D eigenvalue weighted by Crippen LogP contribution is 2.22. The lowest BCUT2D eigenvalue weighted by Gasteiger charge is -2.11. The Kier molecular flexibility index (Phi) is 5.89. The topological polar surface area (TPSA) is 70.1 Å². The van der Waals surface area contributed by atoms with E-state index in [9.17, 15) is 9.18 Å². The summed E-state index contributed by atoms with van der Waals surface area (Å²) in [6.45, 7) is 4.08. The SMILES string of the molecule is CC/C=C(\C(C)=C/COc1ccccc1F)n1ncc(C=O)c1N. The number of para-hydroxylation sites is 1. The van der Waals surface area contributed by atoms with Gasteiger partial charge in [0.05, 0.1) is 17.5 Å². The third kappa shape index (κ3) is 3.90. The summed E-state index contributed by atoms with van der Waals surface area (Å²) in [6.07, 6.45) is 6.63. The van der Waals surface area contributed by atoms with Gasteiger partial charge in [0.2, 0.25) is 0 Å². The Balaban J connectivity index is 2.18. The van der Waals surface area contributed by atoms with E-state index in [1.807, 2.05) is 26.0 Å². The largest absolute Gasteiger partial charge is 0.486 e. The van der Waals surface area contributed by atoms with Crippen molar-refractivity contribution in [1.29, 1.82) is 0 Å². The summed E-state index contributed by atoms with van der Waals surface area (Å²) >= 11 is 0. The number of nitrogens with two attached hydrogens (primary N) is 1. The molecule has 126 valence electrons. The van der Waals surface area contributed by atoms with Crippen molar-refractivity contribution in [2.45, 2.75) is 20.3 Å². The molecule has 1 aromatic carbocycles. The van der Waals surface area contributed by atoms with Crippen molar-refractivity contribution in [2.75, 3.05) is 12.3 Å². The number of benzene rings is 1. The maximum Gasteiger partial charge on any atom is 0.165 e. The number of aromatic nitrogens is 2. The van der Waals surface area contributed by atoms with E-state index in [0.29, 0.717) is 11.8 Å². The molecule has 1 heterocycles. The third-order valence-corrected chi connectivity index (χ3v) is 3.46. The van der Waals surface area contributed by atoms with E-state index in [1.165, 1.54) is 16.9 Å². The molecule has 6 heteroatoms. The molecule has 5 nitrogen and oxygen atoms in total. The smallest absolute Gasteiger partial charge is 0.165 e. The minimum Gasteiger partial charge on any atom is -0.486 e. The molecule has 24 heavy (non-hydrogen) atoms. The van der Waals surface area contributed by atoms with E-state index in [-0.39, 0.29) is 18.2 Å². The van der Waals surface area contributed by atoms with Gasteiger partial charge in [0.1, 0.15) is 12.4 Å². The molecule has 2 N–H and O–H groups in total. The zero-order valence-corrected chi connectivity index (χ0v) is 13.7. The zero-order chi connectivity index (χ0) is 17.5. The van der Waals surface area contributed by atoms with Crippen molar-refractivity contribution >= 4 is 17.8 Å². The molecule has 0 aliphatic heterocycles.